The molecule has 2 aromatic carbocycles. The highest BCUT2D eigenvalue weighted by Gasteiger charge is 2.25. The van der Waals surface area contributed by atoms with Gasteiger partial charge in [-0.05, 0) is 29.7 Å². The molecule has 24 heavy (non-hydrogen) atoms. The Hall–Kier alpha value is -2.62. The molecule has 1 aliphatic rings. The number of para-hydroxylation sites is 1. The van der Waals surface area contributed by atoms with Crippen molar-refractivity contribution in [3.63, 3.8) is 0 Å². The van der Waals surface area contributed by atoms with Crippen LogP contribution in [-0.4, -0.2) is 25.3 Å². The van der Waals surface area contributed by atoms with E-state index >= 15 is 0 Å². The Morgan fingerprint density at radius 2 is 1.83 bits per heavy atom. The van der Waals surface area contributed by atoms with Crippen molar-refractivity contribution in [3.05, 3.63) is 59.7 Å². The van der Waals surface area contributed by atoms with E-state index in [1.165, 1.54) is 0 Å². The van der Waals surface area contributed by atoms with E-state index in [-0.39, 0.29) is 18.4 Å². The minimum Gasteiger partial charge on any atom is -0.497 e. The quantitative estimate of drug-likeness (QED) is 0.861. The van der Waals surface area contributed by atoms with Crippen LogP contribution in [0.5, 0.6) is 5.75 Å². The number of aliphatic imine (C=N–C) groups is 1. The summed E-state index contributed by atoms with van der Waals surface area (Å²) in [5, 5.41) is 0. The molecule has 0 aliphatic carbocycles. The van der Waals surface area contributed by atoms with Gasteiger partial charge in [-0.25, -0.2) is 0 Å². The average molecular weight is 322 g/mol. The van der Waals surface area contributed by atoms with Gasteiger partial charge >= 0.3 is 0 Å². The standard InChI is InChI=1S/C20H22N2O2/c1-14(2)20-17-6-4-5-7-18(17)22(19(23)12-21-20)13-15-8-10-16(24-3)11-9-15/h4-11,14H,12-13H2,1-3H3. The van der Waals surface area contributed by atoms with E-state index in [0.29, 0.717) is 6.54 Å². The van der Waals surface area contributed by atoms with Crippen LogP contribution in [0.3, 0.4) is 0 Å². The number of hydrogen-bond acceptors (Lipinski definition) is 3. The number of nitrogens with zero attached hydrogens (tertiary/aromatic N) is 2. The van der Waals surface area contributed by atoms with E-state index in [4.69, 9.17) is 4.74 Å². The van der Waals surface area contributed by atoms with Crippen LogP contribution in [0.15, 0.2) is 53.5 Å². The van der Waals surface area contributed by atoms with Gasteiger partial charge in [0, 0.05) is 11.3 Å². The van der Waals surface area contributed by atoms with Crippen LogP contribution >= 0.6 is 0 Å². The summed E-state index contributed by atoms with van der Waals surface area (Å²) in [4.78, 5) is 19.1. The van der Waals surface area contributed by atoms with E-state index in [0.717, 1.165) is 28.3 Å². The van der Waals surface area contributed by atoms with E-state index in [1.807, 2.05) is 53.4 Å². The van der Waals surface area contributed by atoms with Crippen molar-refractivity contribution in [1.82, 2.24) is 0 Å². The molecular formula is C20H22N2O2. The van der Waals surface area contributed by atoms with Gasteiger partial charge in [0.15, 0.2) is 0 Å². The number of methoxy groups -OCH3 is 1. The lowest BCUT2D eigenvalue weighted by atomic mass is 9.98. The number of carbonyl (C=O) groups excluding carboxylic acids is 1. The predicted octanol–water partition coefficient (Wildman–Crippen LogP) is 3.69. The number of hydrogen-bond donors (Lipinski definition) is 0. The van der Waals surface area contributed by atoms with Gasteiger partial charge in [-0.15, -0.1) is 0 Å². The number of benzodiazepines with no additional fused rings is 1. The lowest BCUT2D eigenvalue weighted by Crippen LogP contribution is -2.31. The summed E-state index contributed by atoms with van der Waals surface area (Å²) < 4.78 is 5.20. The second-order valence-corrected chi connectivity index (χ2v) is 6.20. The molecular weight excluding hydrogens is 300 g/mol. The zero-order valence-electron chi connectivity index (χ0n) is 14.3. The topological polar surface area (TPSA) is 41.9 Å². The first-order valence-electron chi connectivity index (χ1n) is 8.17. The molecule has 0 radical (unpaired) electrons. The van der Waals surface area contributed by atoms with Crippen LogP contribution in [0.25, 0.3) is 0 Å². The highest BCUT2D eigenvalue weighted by Crippen LogP contribution is 2.28. The van der Waals surface area contributed by atoms with Gasteiger partial charge < -0.3 is 9.64 Å². The number of carbonyl (C=O) groups is 1. The number of anilines is 1. The number of ether oxygens (including phenoxy) is 1. The van der Waals surface area contributed by atoms with Gasteiger partial charge in [0.1, 0.15) is 12.3 Å². The van der Waals surface area contributed by atoms with Crippen LogP contribution in [-0.2, 0) is 11.3 Å². The Morgan fingerprint density at radius 1 is 1.12 bits per heavy atom. The molecule has 0 N–H and O–H groups in total. The number of amides is 1. The summed E-state index contributed by atoms with van der Waals surface area (Å²) in [5.74, 6) is 1.11. The lowest BCUT2D eigenvalue weighted by Gasteiger charge is -2.23. The van der Waals surface area contributed by atoms with Crippen LogP contribution in [0, 0.1) is 5.92 Å². The fourth-order valence-electron chi connectivity index (χ4n) is 2.96. The summed E-state index contributed by atoms with van der Waals surface area (Å²) >= 11 is 0. The van der Waals surface area contributed by atoms with E-state index in [9.17, 15) is 4.79 Å². The average Bonchev–Trinajstić information content (AvgIpc) is 2.73. The number of benzene rings is 2. The van der Waals surface area contributed by atoms with Crippen molar-refractivity contribution in [2.75, 3.05) is 18.6 Å². The number of fused-ring (bicyclic) bond motifs is 1. The molecule has 4 heteroatoms. The molecule has 2 aromatic rings. The third-order valence-corrected chi connectivity index (χ3v) is 4.20. The first kappa shape index (κ1) is 16.2. The fraction of sp³-hybridized carbons (Fsp3) is 0.300. The number of rotatable bonds is 4. The van der Waals surface area contributed by atoms with Gasteiger partial charge in [-0.2, -0.15) is 0 Å². The van der Waals surface area contributed by atoms with Crippen molar-refractivity contribution in [2.24, 2.45) is 10.9 Å². The van der Waals surface area contributed by atoms with Crippen LogP contribution < -0.4 is 9.64 Å². The maximum absolute atomic E-state index is 12.7. The summed E-state index contributed by atoms with van der Waals surface area (Å²) in [6.07, 6.45) is 0. The first-order valence-corrected chi connectivity index (χ1v) is 8.17. The Morgan fingerprint density at radius 3 is 2.50 bits per heavy atom. The van der Waals surface area contributed by atoms with Gasteiger partial charge in [0.05, 0.1) is 19.3 Å². The Bertz CT molecular complexity index is 763. The Kier molecular flexibility index (Phi) is 4.65. The second-order valence-electron chi connectivity index (χ2n) is 6.20. The zero-order chi connectivity index (χ0) is 17.1. The van der Waals surface area contributed by atoms with Crippen molar-refractivity contribution in [2.45, 2.75) is 20.4 Å². The maximum Gasteiger partial charge on any atom is 0.248 e. The molecule has 1 aliphatic heterocycles. The molecule has 0 saturated heterocycles. The van der Waals surface area contributed by atoms with Crippen molar-refractivity contribution in [1.29, 1.82) is 0 Å². The molecule has 0 fully saturated rings. The third kappa shape index (κ3) is 3.18. The summed E-state index contributed by atoms with van der Waals surface area (Å²) in [5.41, 5.74) is 4.04. The first-order chi connectivity index (χ1) is 11.6. The predicted molar refractivity (Wildman–Crippen MR) is 96.9 cm³/mol. The lowest BCUT2D eigenvalue weighted by molar-refractivity contribution is -0.117. The van der Waals surface area contributed by atoms with Crippen LogP contribution in [0.4, 0.5) is 5.69 Å². The molecule has 0 saturated carbocycles. The van der Waals surface area contributed by atoms with Gasteiger partial charge in [-0.1, -0.05) is 44.2 Å². The highest BCUT2D eigenvalue weighted by molar-refractivity contribution is 6.12. The molecule has 124 valence electrons. The maximum atomic E-state index is 12.7. The molecule has 0 atom stereocenters. The summed E-state index contributed by atoms with van der Waals surface area (Å²) in [6, 6.07) is 15.8. The minimum atomic E-state index is 0.0221. The normalized spacial score (nSPS) is 14.2. The Balaban J connectivity index is 1.97. The fourth-order valence-corrected chi connectivity index (χ4v) is 2.96. The van der Waals surface area contributed by atoms with Crippen molar-refractivity contribution in [3.8, 4) is 5.75 Å². The van der Waals surface area contributed by atoms with E-state index in [2.05, 4.69) is 18.8 Å². The highest BCUT2D eigenvalue weighted by atomic mass is 16.5. The summed E-state index contributed by atoms with van der Waals surface area (Å²) in [7, 11) is 1.65. The molecule has 1 amide bonds. The monoisotopic (exact) mass is 322 g/mol. The molecule has 0 unspecified atom stereocenters. The largest absolute Gasteiger partial charge is 0.497 e. The van der Waals surface area contributed by atoms with Crippen LogP contribution in [0.1, 0.15) is 25.0 Å². The molecule has 0 spiro atoms. The van der Waals surface area contributed by atoms with Crippen LogP contribution in [0.2, 0.25) is 0 Å². The van der Waals surface area contributed by atoms with E-state index in [1.54, 1.807) is 7.11 Å². The molecule has 0 aromatic heterocycles. The van der Waals surface area contributed by atoms with Gasteiger partial charge in [0.25, 0.3) is 0 Å². The Labute approximate surface area is 142 Å². The van der Waals surface area contributed by atoms with Crippen molar-refractivity contribution < 1.29 is 9.53 Å². The minimum absolute atomic E-state index is 0.0221. The smallest absolute Gasteiger partial charge is 0.248 e. The molecule has 3 rings (SSSR count). The second kappa shape index (κ2) is 6.87. The van der Waals surface area contributed by atoms with Gasteiger partial charge in [0.2, 0.25) is 5.91 Å². The van der Waals surface area contributed by atoms with Crippen molar-refractivity contribution >= 4 is 17.3 Å². The van der Waals surface area contributed by atoms with E-state index < -0.39 is 0 Å². The molecule has 4 nitrogen and oxygen atoms in total. The SMILES string of the molecule is COc1ccc(CN2C(=O)CN=C(C(C)C)c3ccccc32)cc1. The zero-order valence-corrected chi connectivity index (χ0v) is 14.3. The third-order valence-electron chi connectivity index (χ3n) is 4.20. The molecule has 0 bridgehead atoms. The summed E-state index contributed by atoms with van der Waals surface area (Å²) in [6.45, 7) is 4.94. The van der Waals surface area contributed by atoms with Gasteiger partial charge in [-0.3, -0.25) is 9.79 Å². The molecule has 1 heterocycles.